The van der Waals surface area contributed by atoms with Crippen LogP contribution in [0.2, 0.25) is 10.0 Å². The van der Waals surface area contributed by atoms with Crippen molar-refractivity contribution in [1.82, 2.24) is 0 Å². The van der Waals surface area contributed by atoms with Crippen molar-refractivity contribution in [2.24, 2.45) is 4.99 Å². The van der Waals surface area contributed by atoms with Crippen LogP contribution in [0.15, 0.2) is 45.6 Å². The van der Waals surface area contributed by atoms with Crippen molar-refractivity contribution in [3.63, 3.8) is 0 Å². The average molecular weight is 402 g/mol. The van der Waals surface area contributed by atoms with Crippen molar-refractivity contribution in [2.45, 2.75) is 0 Å². The lowest BCUT2D eigenvalue weighted by Gasteiger charge is -2.09. The number of nitrogens with zero attached hydrogens (tertiary/aromatic N) is 1. The van der Waals surface area contributed by atoms with E-state index in [0.717, 1.165) is 6.26 Å². The second kappa shape index (κ2) is 6.55. The Balaban J connectivity index is 2.07. The fourth-order valence-corrected chi connectivity index (χ4v) is 3.07. The van der Waals surface area contributed by atoms with Crippen LogP contribution in [0.25, 0.3) is 6.08 Å². The number of carbonyl (C=O) groups excluding carboxylic acids is 1. The van der Waals surface area contributed by atoms with Crippen LogP contribution in [-0.4, -0.2) is 26.5 Å². The summed E-state index contributed by atoms with van der Waals surface area (Å²) in [6, 6.07) is 5.89. The SMILES string of the molecule is CS(=O)(=O)Oc1c(Cl)cc(Cl)cc1/C=C1\N=C(c2ccco2)OC1=O. The summed E-state index contributed by atoms with van der Waals surface area (Å²) >= 11 is 11.9. The first-order chi connectivity index (χ1) is 11.7. The molecule has 25 heavy (non-hydrogen) atoms. The van der Waals surface area contributed by atoms with Gasteiger partial charge < -0.3 is 13.3 Å². The topological polar surface area (TPSA) is 95.2 Å². The Morgan fingerprint density at radius 2 is 2.04 bits per heavy atom. The molecule has 2 aromatic rings. The highest BCUT2D eigenvalue weighted by Gasteiger charge is 2.27. The summed E-state index contributed by atoms with van der Waals surface area (Å²) in [6.45, 7) is 0. The normalized spacial score (nSPS) is 16.0. The first-order valence-electron chi connectivity index (χ1n) is 6.68. The van der Waals surface area contributed by atoms with Gasteiger partial charge in [0, 0.05) is 10.6 Å². The van der Waals surface area contributed by atoms with Gasteiger partial charge in [-0.3, -0.25) is 0 Å². The summed E-state index contributed by atoms with van der Waals surface area (Å²) in [5.74, 6) is -0.656. The molecule has 1 aliphatic heterocycles. The second-order valence-electron chi connectivity index (χ2n) is 4.91. The van der Waals surface area contributed by atoms with Gasteiger partial charge >= 0.3 is 16.1 Å². The minimum atomic E-state index is -3.85. The molecular weight excluding hydrogens is 393 g/mol. The molecule has 1 aliphatic rings. The van der Waals surface area contributed by atoms with Crippen molar-refractivity contribution in [3.8, 4) is 5.75 Å². The predicted octanol–water partition coefficient (Wildman–Crippen LogP) is 3.27. The maximum absolute atomic E-state index is 12.0. The van der Waals surface area contributed by atoms with E-state index in [1.807, 2.05) is 0 Å². The van der Waals surface area contributed by atoms with Crippen LogP contribution in [0, 0.1) is 0 Å². The van der Waals surface area contributed by atoms with Crippen molar-refractivity contribution < 1.29 is 26.5 Å². The van der Waals surface area contributed by atoms with Gasteiger partial charge in [-0.2, -0.15) is 8.42 Å². The van der Waals surface area contributed by atoms with E-state index >= 15 is 0 Å². The average Bonchev–Trinajstić information content (AvgIpc) is 3.12. The smallest absolute Gasteiger partial charge is 0.363 e. The Morgan fingerprint density at radius 3 is 2.68 bits per heavy atom. The molecule has 10 heteroatoms. The van der Waals surface area contributed by atoms with E-state index in [0.29, 0.717) is 0 Å². The third kappa shape index (κ3) is 4.04. The van der Waals surface area contributed by atoms with Gasteiger partial charge in [-0.15, -0.1) is 0 Å². The molecule has 130 valence electrons. The molecule has 0 atom stereocenters. The summed E-state index contributed by atoms with van der Waals surface area (Å²) in [6.07, 6.45) is 3.53. The zero-order valence-electron chi connectivity index (χ0n) is 12.5. The van der Waals surface area contributed by atoms with Crippen LogP contribution in [0.4, 0.5) is 0 Å². The number of ether oxygens (including phenoxy) is 1. The highest BCUT2D eigenvalue weighted by Crippen LogP contribution is 2.35. The second-order valence-corrected chi connectivity index (χ2v) is 7.33. The Kier molecular flexibility index (Phi) is 4.59. The number of esters is 1. The van der Waals surface area contributed by atoms with Gasteiger partial charge in [0.25, 0.3) is 5.90 Å². The molecule has 0 N–H and O–H groups in total. The predicted molar refractivity (Wildman–Crippen MR) is 91.2 cm³/mol. The van der Waals surface area contributed by atoms with E-state index in [1.54, 1.807) is 12.1 Å². The number of hydrogen-bond acceptors (Lipinski definition) is 7. The third-order valence-electron chi connectivity index (χ3n) is 2.92. The molecule has 2 heterocycles. The minimum Gasteiger partial charge on any atom is -0.459 e. The number of carbonyl (C=O) groups is 1. The van der Waals surface area contributed by atoms with Crippen LogP contribution < -0.4 is 4.18 Å². The number of furan rings is 1. The van der Waals surface area contributed by atoms with Crippen molar-refractivity contribution in [3.05, 3.63) is 57.6 Å². The standard InChI is InChI=1S/C15H9Cl2NO6S/c1-25(20,21)24-13-8(5-9(16)7-10(13)17)6-11-15(19)23-14(18-11)12-3-2-4-22-12/h2-7H,1H3/b11-6-. The van der Waals surface area contributed by atoms with E-state index in [9.17, 15) is 13.2 Å². The van der Waals surface area contributed by atoms with Crippen molar-refractivity contribution >= 4 is 51.3 Å². The van der Waals surface area contributed by atoms with Crippen LogP contribution in [0.1, 0.15) is 11.3 Å². The molecule has 0 radical (unpaired) electrons. The Hall–Kier alpha value is -2.29. The molecule has 0 amide bonds. The van der Waals surface area contributed by atoms with Gasteiger partial charge in [0.15, 0.2) is 17.2 Å². The van der Waals surface area contributed by atoms with Crippen molar-refractivity contribution in [2.75, 3.05) is 6.26 Å². The molecular formula is C15H9Cl2NO6S. The van der Waals surface area contributed by atoms with E-state index in [-0.39, 0.29) is 38.7 Å². The van der Waals surface area contributed by atoms with Gasteiger partial charge in [-0.25, -0.2) is 9.79 Å². The number of cyclic esters (lactones) is 1. The fourth-order valence-electron chi connectivity index (χ4n) is 1.99. The highest BCUT2D eigenvalue weighted by molar-refractivity contribution is 7.86. The largest absolute Gasteiger partial charge is 0.459 e. The molecule has 0 spiro atoms. The molecule has 0 saturated heterocycles. The molecule has 7 nitrogen and oxygen atoms in total. The van der Waals surface area contributed by atoms with E-state index in [1.165, 1.54) is 24.5 Å². The van der Waals surface area contributed by atoms with E-state index in [2.05, 4.69) is 4.99 Å². The van der Waals surface area contributed by atoms with Crippen LogP contribution in [-0.2, 0) is 19.6 Å². The lowest BCUT2D eigenvalue weighted by molar-refractivity contribution is -0.130. The number of rotatable bonds is 4. The Morgan fingerprint density at radius 1 is 1.28 bits per heavy atom. The van der Waals surface area contributed by atoms with Gasteiger partial charge in [-0.05, 0) is 30.3 Å². The lowest BCUT2D eigenvalue weighted by atomic mass is 10.1. The highest BCUT2D eigenvalue weighted by atomic mass is 35.5. The minimum absolute atomic E-state index is 0.0139. The van der Waals surface area contributed by atoms with Crippen LogP contribution in [0.3, 0.4) is 0 Å². The Labute approximate surface area is 152 Å². The Bertz CT molecular complexity index is 1010. The number of halogens is 2. The summed E-state index contributed by atoms with van der Waals surface area (Å²) < 4.78 is 37.9. The summed E-state index contributed by atoms with van der Waals surface area (Å²) in [7, 11) is -3.85. The van der Waals surface area contributed by atoms with Crippen molar-refractivity contribution in [1.29, 1.82) is 0 Å². The monoisotopic (exact) mass is 401 g/mol. The van der Waals surface area contributed by atoms with Crippen LogP contribution in [0.5, 0.6) is 5.75 Å². The summed E-state index contributed by atoms with van der Waals surface area (Å²) in [5, 5.41) is 0.186. The number of hydrogen-bond donors (Lipinski definition) is 0. The molecule has 3 rings (SSSR count). The molecule has 0 fully saturated rings. The molecule has 0 bridgehead atoms. The summed E-state index contributed by atoms with van der Waals surface area (Å²) in [5.41, 5.74) is 0.0578. The molecule has 1 aromatic carbocycles. The van der Waals surface area contributed by atoms with Gasteiger partial charge in [0.2, 0.25) is 0 Å². The third-order valence-corrected chi connectivity index (χ3v) is 3.88. The first-order valence-corrected chi connectivity index (χ1v) is 9.25. The van der Waals surface area contributed by atoms with Crippen LogP contribution >= 0.6 is 23.2 Å². The lowest BCUT2D eigenvalue weighted by Crippen LogP contribution is -2.07. The van der Waals surface area contributed by atoms with Gasteiger partial charge in [0.1, 0.15) is 0 Å². The molecule has 0 aliphatic carbocycles. The molecule has 0 saturated carbocycles. The van der Waals surface area contributed by atoms with E-state index < -0.39 is 16.1 Å². The maximum Gasteiger partial charge on any atom is 0.363 e. The molecule has 0 unspecified atom stereocenters. The molecule has 1 aromatic heterocycles. The zero-order chi connectivity index (χ0) is 18.2. The first kappa shape index (κ1) is 17.5. The van der Waals surface area contributed by atoms with E-state index in [4.69, 9.17) is 36.5 Å². The fraction of sp³-hybridized carbons (Fsp3) is 0.0667. The quantitative estimate of drug-likeness (QED) is 0.443. The number of aliphatic imine (C=N–C) groups is 1. The van der Waals surface area contributed by atoms with Gasteiger partial charge in [-0.1, -0.05) is 23.2 Å². The number of benzene rings is 1. The summed E-state index contributed by atoms with van der Waals surface area (Å²) in [4.78, 5) is 16.0. The van der Waals surface area contributed by atoms with Gasteiger partial charge in [0.05, 0.1) is 17.5 Å². The zero-order valence-corrected chi connectivity index (χ0v) is 14.9. The maximum atomic E-state index is 12.0.